The molecule has 4 nitrogen and oxygen atoms in total. The highest BCUT2D eigenvalue weighted by Gasteiger charge is 2.24. The second kappa shape index (κ2) is 6.54. The number of rotatable bonds is 5. The molecule has 2 rings (SSSR count). The minimum atomic E-state index is -0.358. The van der Waals surface area contributed by atoms with Gasteiger partial charge < -0.3 is 18.9 Å². The molecule has 18 heavy (non-hydrogen) atoms. The lowest BCUT2D eigenvalue weighted by molar-refractivity contribution is 0.00550. The van der Waals surface area contributed by atoms with E-state index in [2.05, 4.69) is 0 Å². The van der Waals surface area contributed by atoms with Gasteiger partial charge in [-0.15, -0.1) is 0 Å². The first-order valence-corrected chi connectivity index (χ1v) is 5.90. The smallest absolute Gasteiger partial charge is 0.187 e. The second-order valence-corrected chi connectivity index (χ2v) is 3.97. The van der Waals surface area contributed by atoms with E-state index in [9.17, 15) is 0 Å². The van der Waals surface area contributed by atoms with Gasteiger partial charge in [0.05, 0.1) is 33.2 Å². The zero-order valence-corrected chi connectivity index (χ0v) is 10.7. The van der Waals surface area contributed by atoms with Crippen molar-refractivity contribution >= 4 is 5.57 Å². The maximum Gasteiger partial charge on any atom is 0.187 e. The van der Waals surface area contributed by atoms with Crippen molar-refractivity contribution in [2.45, 2.75) is 12.9 Å². The highest BCUT2D eigenvalue weighted by atomic mass is 16.7. The van der Waals surface area contributed by atoms with Crippen molar-refractivity contribution in [1.29, 1.82) is 0 Å². The first kappa shape index (κ1) is 13.1. The van der Waals surface area contributed by atoms with Gasteiger partial charge >= 0.3 is 0 Å². The van der Waals surface area contributed by atoms with Gasteiger partial charge in [-0.05, 0) is 11.1 Å². The van der Waals surface area contributed by atoms with Crippen molar-refractivity contribution in [2.75, 3.05) is 27.4 Å². The molecular weight excluding hydrogens is 232 g/mol. The number of methoxy groups -OCH3 is 2. The summed E-state index contributed by atoms with van der Waals surface area (Å²) in [5, 5.41) is 0. The minimum Gasteiger partial charge on any atom is -0.504 e. The summed E-state index contributed by atoms with van der Waals surface area (Å²) < 4.78 is 21.4. The van der Waals surface area contributed by atoms with Gasteiger partial charge in [-0.2, -0.15) is 0 Å². The monoisotopic (exact) mass is 250 g/mol. The van der Waals surface area contributed by atoms with Crippen LogP contribution in [-0.4, -0.2) is 33.7 Å². The average Bonchev–Trinajstić information content (AvgIpc) is 2.91. The lowest BCUT2D eigenvalue weighted by Gasteiger charge is -2.17. The van der Waals surface area contributed by atoms with Gasteiger partial charge in [0.25, 0.3) is 0 Å². The van der Waals surface area contributed by atoms with Crippen LogP contribution in [0.5, 0.6) is 0 Å². The Labute approximate surface area is 107 Å². The molecule has 0 amide bonds. The van der Waals surface area contributed by atoms with E-state index >= 15 is 0 Å². The lowest BCUT2D eigenvalue weighted by atomic mass is 10.0. The molecule has 0 aliphatic carbocycles. The van der Waals surface area contributed by atoms with Crippen LogP contribution in [0.15, 0.2) is 30.5 Å². The van der Waals surface area contributed by atoms with Crippen molar-refractivity contribution in [2.24, 2.45) is 0 Å². The second-order valence-electron chi connectivity index (χ2n) is 3.97. The van der Waals surface area contributed by atoms with Crippen LogP contribution in [0.3, 0.4) is 0 Å². The fourth-order valence-corrected chi connectivity index (χ4v) is 1.99. The molecule has 0 spiro atoms. The van der Waals surface area contributed by atoms with E-state index in [0.29, 0.717) is 19.8 Å². The Balaban J connectivity index is 2.32. The summed E-state index contributed by atoms with van der Waals surface area (Å²) >= 11 is 0. The summed E-state index contributed by atoms with van der Waals surface area (Å²) in [4.78, 5) is 0. The lowest BCUT2D eigenvalue weighted by Crippen LogP contribution is -2.12. The fraction of sp³-hybridized carbons (Fsp3) is 0.429. The summed E-state index contributed by atoms with van der Waals surface area (Å²) in [6.45, 7) is 1.76. The van der Waals surface area contributed by atoms with Crippen LogP contribution in [0.25, 0.3) is 5.57 Å². The fourth-order valence-electron chi connectivity index (χ4n) is 1.99. The van der Waals surface area contributed by atoms with Crippen LogP contribution in [-0.2, 0) is 25.6 Å². The van der Waals surface area contributed by atoms with Crippen LogP contribution in [0.2, 0.25) is 0 Å². The molecule has 0 bridgehead atoms. The maximum absolute atomic E-state index is 5.54. The molecule has 0 atom stereocenters. The van der Waals surface area contributed by atoms with Crippen molar-refractivity contribution in [3.63, 3.8) is 0 Å². The quantitative estimate of drug-likeness (QED) is 0.751. The first-order chi connectivity index (χ1) is 8.86. The summed E-state index contributed by atoms with van der Waals surface area (Å²) in [5.41, 5.74) is 3.01. The summed E-state index contributed by atoms with van der Waals surface area (Å²) in [5.74, 6) is 0. The Morgan fingerprint density at radius 2 is 2.00 bits per heavy atom. The molecule has 1 saturated heterocycles. The van der Waals surface area contributed by atoms with E-state index in [0.717, 1.165) is 16.7 Å². The Hall–Kier alpha value is -1.36. The number of hydrogen-bond donors (Lipinski definition) is 0. The van der Waals surface area contributed by atoms with Gasteiger partial charge in [-0.1, -0.05) is 24.3 Å². The van der Waals surface area contributed by atoms with Crippen molar-refractivity contribution in [3.8, 4) is 0 Å². The molecule has 0 N–H and O–H groups in total. The molecule has 1 aromatic carbocycles. The SMILES string of the molecule is CO/C=C(\c1ccccc1COC)C1OCCO1. The zero-order chi connectivity index (χ0) is 12.8. The normalized spacial score (nSPS) is 17.1. The zero-order valence-electron chi connectivity index (χ0n) is 10.7. The minimum absolute atomic E-state index is 0.358. The molecule has 1 aromatic rings. The molecule has 98 valence electrons. The van der Waals surface area contributed by atoms with Crippen LogP contribution in [0.1, 0.15) is 11.1 Å². The topological polar surface area (TPSA) is 36.9 Å². The van der Waals surface area contributed by atoms with Gasteiger partial charge in [0, 0.05) is 12.7 Å². The summed E-state index contributed by atoms with van der Waals surface area (Å²) in [6.07, 6.45) is 1.31. The molecule has 1 aliphatic heterocycles. The molecule has 1 heterocycles. The van der Waals surface area contributed by atoms with Crippen LogP contribution in [0, 0.1) is 0 Å². The number of hydrogen-bond acceptors (Lipinski definition) is 4. The summed E-state index contributed by atoms with van der Waals surface area (Å²) in [6, 6.07) is 8.01. The molecule has 0 unspecified atom stereocenters. The number of benzene rings is 1. The Morgan fingerprint density at radius 1 is 1.28 bits per heavy atom. The van der Waals surface area contributed by atoms with E-state index in [1.807, 2.05) is 24.3 Å². The van der Waals surface area contributed by atoms with Gasteiger partial charge in [0.1, 0.15) is 0 Å². The van der Waals surface area contributed by atoms with Gasteiger partial charge in [0.15, 0.2) is 6.29 Å². The molecule has 0 saturated carbocycles. The van der Waals surface area contributed by atoms with Crippen molar-refractivity contribution in [3.05, 3.63) is 41.7 Å². The van der Waals surface area contributed by atoms with Crippen molar-refractivity contribution < 1.29 is 18.9 Å². The Morgan fingerprint density at radius 3 is 2.67 bits per heavy atom. The standard InChI is InChI=1S/C14H18O4/c1-15-9-11-5-3-4-6-12(11)13(10-16-2)14-17-7-8-18-14/h3-6,10,14H,7-9H2,1-2H3/b13-10+. The van der Waals surface area contributed by atoms with E-state index in [-0.39, 0.29) is 6.29 Å². The molecular formula is C14H18O4. The van der Waals surface area contributed by atoms with Crippen LogP contribution in [0.4, 0.5) is 0 Å². The Bertz CT molecular complexity index is 408. The summed E-state index contributed by atoms with van der Waals surface area (Å²) in [7, 11) is 3.30. The maximum atomic E-state index is 5.54. The largest absolute Gasteiger partial charge is 0.504 e. The number of ether oxygens (including phenoxy) is 4. The van der Waals surface area contributed by atoms with Crippen LogP contribution < -0.4 is 0 Å². The molecule has 1 aliphatic rings. The predicted molar refractivity (Wildman–Crippen MR) is 67.8 cm³/mol. The third-order valence-electron chi connectivity index (χ3n) is 2.75. The highest BCUT2D eigenvalue weighted by molar-refractivity contribution is 5.69. The molecule has 0 aromatic heterocycles. The van der Waals surface area contributed by atoms with E-state index in [1.54, 1.807) is 20.5 Å². The highest BCUT2D eigenvalue weighted by Crippen LogP contribution is 2.27. The van der Waals surface area contributed by atoms with E-state index in [1.165, 1.54) is 0 Å². The molecule has 0 radical (unpaired) electrons. The Kier molecular flexibility index (Phi) is 4.75. The average molecular weight is 250 g/mol. The van der Waals surface area contributed by atoms with Gasteiger partial charge in [-0.25, -0.2) is 0 Å². The van der Waals surface area contributed by atoms with Crippen LogP contribution >= 0.6 is 0 Å². The van der Waals surface area contributed by atoms with E-state index in [4.69, 9.17) is 18.9 Å². The molecule has 4 heteroatoms. The van der Waals surface area contributed by atoms with E-state index < -0.39 is 0 Å². The first-order valence-electron chi connectivity index (χ1n) is 5.90. The van der Waals surface area contributed by atoms with Gasteiger partial charge in [0.2, 0.25) is 0 Å². The van der Waals surface area contributed by atoms with Crippen molar-refractivity contribution in [1.82, 2.24) is 0 Å². The molecule has 1 fully saturated rings. The third-order valence-corrected chi connectivity index (χ3v) is 2.75. The third kappa shape index (κ3) is 2.90. The van der Waals surface area contributed by atoms with Gasteiger partial charge in [-0.3, -0.25) is 0 Å². The predicted octanol–water partition coefficient (Wildman–Crippen LogP) is 2.19.